The van der Waals surface area contributed by atoms with E-state index in [2.05, 4.69) is 69.3 Å². The Hall–Kier alpha value is -13.9. The monoisotopic (exact) mass is 2340 g/mol. The number of carbonyl (C=O) groups is 17. The molecule has 9 aromatic carbocycles. The molecule has 0 heterocycles. The van der Waals surface area contributed by atoms with E-state index in [-0.39, 0.29) is 190 Å². The Balaban J connectivity index is -0.00000171. The molecule has 15 N–H and O–H groups in total. The first-order chi connectivity index (χ1) is 68.9. The van der Waals surface area contributed by atoms with Crippen LogP contribution in [-0.4, -0.2) is 269 Å². The van der Waals surface area contributed by atoms with Gasteiger partial charge in [-0.05, 0) is 151 Å². The number of nitrogens with two attached hydrogens (primary N) is 1. The number of phenolic OH excluding ortho intramolecular Hbond substituents is 6. The van der Waals surface area contributed by atoms with Crippen molar-refractivity contribution in [2.45, 2.75) is 93.9 Å². The second-order valence-corrected chi connectivity index (χ2v) is 30.3. The molecule has 0 aliphatic heterocycles. The molecule has 0 saturated carbocycles. The van der Waals surface area contributed by atoms with Crippen LogP contribution in [-0.2, 0) is 62.0 Å². The fourth-order valence-electron chi connectivity index (χ4n) is 11.3. The molecule has 0 spiro atoms. The van der Waals surface area contributed by atoms with E-state index in [1.807, 2.05) is 80.6 Å². The second-order valence-electron chi connectivity index (χ2n) is 29.8. The summed E-state index contributed by atoms with van der Waals surface area (Å²) < 4.78 is 53.7. The van der Waals surface area contributed by atoms with Gasteiger partial charge in [0.1, 0.15) is 16.8 Å². The number of Topliss-reactive ketones (excluding diaryl/α,β-unsaturated/α-hetero) is 7. The zero-order valence-electron chi connectivity index (χ0n) is 84.3. The summed E-state index contributed by atoms with van der Waals surface area (Å²) in [6, 6.07) is 49.0. The first-order valence-corrected chi connectivity index (χ1v) is 44.6. The zero-order chi connectivity index (χ0) is 109. The molecule has 0 aromatic heterocycles. The second kappa shape index (κ2) is 76.7. The number of phenols is 6. The molecular formula is C102H120BBrN5NaO36U. The van der Waals surface area contributed by atoms with Crippen LogP contribution in [0.3, 0.4) is 0 Å². The van der Waals surface area contributed by atoms with Crippen molar-refractivity contribution in [2.24, 2.45) is 5.73 Å². The van der Waals surface area contributed by atoms with Crippen LogP contribution in [0.25, 0.3) is 0 Å². The number of aryl methyl sites for hydroxylation is 2. The molecule has 147 heavy (non-hydrogen) atoms. The predicted molar refractivity (Wildman–Crippen MR) is 532 cm³/mol. The Morgan fingerprint density at radius 1 is 0.347 bits per heavy atom. The molecule has 0 atom stereocenters. The summed E-state index contributed by atoms with van der Waals surface area (Å²) in [6.45, 7) is 14.3. The third-order valence-corrected chi connectivity index (χ3v) is 19.3. The Morgan fingerprint density at radius 2 is 0.599 bits per heavy atom. The Labute approximate surface area is 906 Å². The van der Waals surface area contributed by atoms with E-state index in [1.54, 1.807) is 86.6 Å². The Kier molecular flexibility index (Phi) is 70.5. The van der Waals surface area contributed by atoms with Gasteiger partial charge in [-0.2, -0.15) is 0 Å². The summed E-state index contributed by atoms with van der Waals surface area (Å²) in [6.07, 6.45) is 2.19. The van der Waals surface area contributed by atoms with E-state index in [9.17, 15) is 96.8 Å². The van der Waals surface area contributed by atoms with E-state index < -0.39 is 108 Å². The quantitative estimate of drug-likeness (QED) is 0.00204. The molecule has 0 unspecified atom stereocenters. The Morgan fingerprint density at radius 3 is 0.857 bits per heavy atom. The standard InChI is InChI=1S/C27H31NO11.C22H25NO4.C18H19NO5.C11H12O4.C10H14N2O.C7H6O5.C4H6O3.C3H5BrO2.BH.Na.H2O.U/c1-34-24(31)15-37-22-12-19(13-23(38-16-25(32)35-2)27(22)39-17-26(33)36-3)20(29)10-7-11-28-14-21(30)18-8-5-4-6-9-18;1-15-12-19(13-22(16(15)2)27-17(3)24)20(25)10-7-11-23-14-21(26)18-8-5-4-6-9-18;20-14(13-9-15(21)18(24)16(22)10-13)7-4-8-19-11-17(23)12-5-2-1-3-6-12;1-6-4-9(11(13)14)5-10(7(6)2)15-8(3)12;11-6-7-12-8-10(13)9-4-2-1-3-5-9;8-4-1-3(7(11)12)2-5(9)6(4)10;1-3(5)7-4(2)6;1-6-3(5)2-4;;;;/h4-6,8-9,12-13,28H,7,10-11,14-17H2,1-3H3;4-6,8-9,12-13,23H,7,10-11,14H2,1-3H3;1-3,5-6,9-10,19,21-22,24H,4,7-8,11H2;4-5H,1-3H3,(H,13,14);1-5,12H,6-8,11H2;1-2,8-10H,(H,11,12);1-2H3;2H2,1H3;1H;;1H2;/q;;;;;;;;;+1;;/p-1/i;;;;;;;;1T;;;. The van der Waals surface area contributed by atoms with Gasteiger partial charge < -0.3 is 121 Å². The first kappa shape index (κ1) is 135. The Bertz CT molecular complexity index is 5690. The number of carbonyl (C=O) groups excluding carboxylic acids is 15. The number of rotatable bonds is 43. The van der Waals surface area contributed by atoms with Gasteiger partial charge in [0.25, 0.3) is 0 Å². The van der Waals surface area contributed by atoms with E-state index in [4.69, 9.17) is 56.3 Å². The van der Waals surface area contributed by atoms with Gasteiger partial charge in [-0.15, -0.1) is 0 Å². The molecule has 9 aromatic rings. The predicted octanol–water partition coefficient (Wildman–Crippen LogP) is 7.36. The number of halogens is 1. The van der Waals surface area contributed by atoms with Crippen molar-refractivity contribution in [1.29, 1.82) is 1.34 Å². The maximum atomic E-state index is 13.0. The molecule has 2 radical (unpaired) electrons. The van der Waals surface area contributed by atoms with Gasteiger partial charge in [0.05, 0.1) is 65.7 Å². The molecule has 0 amide bonds. The maximum absolute atomic E-state index is 13.0. The zero-order valence-corrected chi connectivity index (χ0v) is 91.1. The van der Waals surface area contributed by atoms with Gasteiger partial charge in [0, 0.05) is 138 Å². The average Bonchev–Trinajstić information content (AvgIpc) is 0.805. The minimum Gasteiger partial charge on any atom is -0.870 e. The molecule has 41 nitrogen and oxygen atoms in total. The summed E-state index contributed by atoms with van der Waals surface area (Å²) in [4.78, 5) is 192. The molecule has 0 saturated heterocycles. The van der Waals surface area contributed by atoms with Crippen LogP contribution in [0.4, 0.5) is 0 Å². The van der Waals surface area contributed by atoms with Crippen LogP contribution in [0.15, 0.2) is 182 Å². The van der Waals surface area contributed by atoms with Crippen molar-refractivity contribution < 1.29 is 236 Å². The number of aromatic carboxylic acids is 2. The third-order valence-electron chi connectivity index (χ3n) is 18.8. The van der Waals surface area contributed by atoms with Crippen LogP contribution in [0.5, 0.6) is 63.2 Å². The largest absolute Gasteiger partial charge is 1.00 e. The van der Waals surface area contributed by atoms with Gasteiger partial charge in [-0.25, -0.2) is 24.0 Å². The summed E-state index contributed by atoms with van der Waals surface area (Å²) in [5.41, 5.74) is 11.9. The smallest absolute Gasteiger partial charge is 0.870 e. The number of benzene rings is 9. The molecule has 0 bridgehead atoms. The number of aromatic hydroxyl groups is 6. The van der Waals surface area contributed by atoms with Crippen molar-refractivity contribution in [2.75, 3.05) is 112 Å². The number of hydrogen-bond donors (Lipinski definition) is 13. The molecule has 0 aliphatic rings. The number of alkyl halides is 1. The van der Waals surface area contributed by atoms with Crippen LogP contribution in [0.2, 0.25) is 0 Å². The van der Waals surface area contributed by atoms with Crippen molar-refractivity contribution in [3.63, 3.8) is 0 Å². The van der Waals surface area contributed by atoms with Crippen molar-refractivity contribution in [3.8, 4) is 63.2 Å². The van der Waals surface area contributed by atoms with E-state index in [1.165, 1.54) is 74.3 Å². The fourth-order valence-corrected chi connectivity index (χ4v) is 11.5. The van der Waals surface area contributed by atoms with Crippen LogP contribution in [0, 0.1) is 58.8 Å². The van der Waals surface area contributed by atoms with Crippen LogP contribution in [0.1, 0.15) is 182 Å². The molecule has 0 fully saturated rings. The maximum Gasteiger partial charge on any atom is 1.00 e. The summed E-state index contributed by atoms with van der Waals surface area (Å²) in [7, 11) is 8.62. The van der Waals surface area contributed by atoms with E-state index >= 15 is 0 Å². The molecule has 784 valence electrons. The average molecular weight is 2350 g/mol. The molecule has 45 heteroatoms. The molecule has 9 rings (SSSR count). The topological polar surface area (TPSA) is 648 Å². The van der Waals surface area contributed by atoms with Crippen molar-refractivity contribution >= 4 is 124 Å². The van der Waals surface area contributed by atoms with E-state index in [0.29, 0.717) is 98.7 Å². The number of hydrogen-bond acceptors (Lipinski definition) is 39. The van der Waals surface area contributed by atoms with Gasteiger partial charge in [-0.3, -0.25) is 57.5 Å². The van der Waals surface area contributed by atoms with Crippen molar-refractivity contribution in [1.82, 2.24) is 21.3 Å². The number of ether oxygens (including phenoxy) is 10. The van der Waals surface area contributed by atoms with Crippen LogP contribution >= 0.6 is 15.9 Å². The fraction of sp³-hybridized carbons (Fsp3) is 0.304. The normalized spacial score (nSPS) is 9.74. The van der Waals surface area contributed by atoms with Gasteiger partial charge in [-0.1, -0.05) is 137 Å². The first-order valence-electron chi connectivity index (χ1n) is 44.0. The third kappa shape index (κ3) is 55.9. The number of esters is 8. The minimum absolute atomic E-state index is 0. The number of methoxy groups -OCH3 is 4. The summed E-state index contributed by atoms with van der Waals surface area (Å²) in [5, 5.41) is 84.1. The number of carboxylic acids is 2. The number of nitrogens with one attached hydrogen (secondary N) is 4. The molecule has 0 aliphatic carbocycles. The summed E-state index contributed by atoms with van der Waals surface area (Å²) in [5.74, 6) is -10.6. The number of ketones is 7. The van der Waals surface area contributed by atoms with Crippen LogP contribution < -0.4 is 80.2 Å². The van der Waals surface area contributed by atoms with Gasteiger partial charge in [0.15, 0.2) is 106 Å². The summed E-state index contributed by atoms with van der Waals surface area (Å²) >= 11 is 2.90. The molecular weight excluding hydrogens is 2220 g/mol. The van der Waals surface area contributed by atoms with Gasteiger partial charge >= 0.3 is 89.3 Å². The minimum atomic E-state index is -1.29. The van der Waals surface area contributed by atoms with Crippen molar-refractivity contribution in [3.05, 3.63) is 254 Å². The SMILES string of the molecule is CC(=O)OC(C)=O.CC(=O)Oc1cc(C(=O)CCCNCC(=O)c2ccccc2)cc(C)c1C.CC(=O)Oc1cc(C(=O)O)cc(C)c1C.COC(=O)CBr.COC(=O)COc1cc(C(=O)CCCNCC(=O)c2ccccc2)cc(OCC(=O)OC)c1OCC(=O)OC.NCCNCC(=O)c1ccccc1.O=C(CCCNCC(=O)c1ccccc1)c1cc(O)c(O)c(O)c1.O=C(O)c1cc(O)c(O)c(O)c1.[3H][B].[Na+].[OH-].[U]. The van der Waals surface area contributed by atoms with E-state index in [0.717, 1.165) is 52.1 Å². The van der Waals surface area contributed by atoms with Gasteiger partial charge in [0.2, 0.25) is 5.75 Å². The number of carboxylic acid groups (broad SMARTS) is 2.